The molecular weight excluding hydrogens is 274 g/mol. The van der Waals surface area contributed by atoms with Gasteiger partial charge in [-0.2, -0.15) is 5.10 Å². The van der Waals surface area contributed by atoms with Crippen LogP contribution in [0.3, 0.4) is 0 Å². The molecule has 0 atom stereocenters. The van der Waals surface area contributed by atoms with Crippen LogP contribution in [-0.2, 0) is 0 Å². The van der Waals surface area contributed by atoms with Gasteiger partial charge in [0.25, 0.3) is 0 Å². The smallest absolute Gasteiger partial charge is 0.153 e. The molecule has 0 aliphatic heterocycles. The predicted molar refractivity (Wildman–Crippen MR) is 80.6 cm³/mol. The van der Waals surface area contributed by atoms with Crippen LogP contribution in [0.15, 0.2) is 36.7 Å². The van der Waals surface area contributed by atoms with Crippen LogP contribution in [0.2, 0.25) is 5.02 Å². The van der Waals surface area contributed by atoms with Crippen molar-refractivity contribution in [2.24, 2.45) is 0 Å². The summed E-state index contributed by atoms with van der Waals surface area (Å²) in [5.74, 6) is 0.493. The first-order valence-corrected chi connectivity index (χ1v) is 6.47. The third kappa shape index (κ3) is 1.50. The first kappa shape index (κ1) is 11.3. The van der Waals surface area contributed by atoms with Crippen molar-refractivity contribution in [3.63, 3.8) is 0 Å². The number of hydrogen-bond acceptors (Lipinski definition) is 3. The second kappa shape index (κ2) is 3.98. The largest absolute Gasteiger partial charge is 0.382 e. The third-order valence-electron chi connectivity index (χ3n) is 3.43. The van der Waals surface area contributed by atoms with Crippen LogP contribution in [0.5, 0.6) is 0 Å². The summed E-state index contributed by atoms with van der Waals surface area (Å²) >= 11 is 6.24. The van der Waals surface area contributed by atoms with E-state index in [0.29, 0.717) is 10.8 Å². The Balaban J connectivity index is 2.05. The fourth-order valence-electron chi connectivity index (χ4n) is 2.46. The molecule has 0 unspecified atom stereocenters. The van der Waals surface area contributed by atoms with Gasteiger partial charge in [0, 0.05) is 23.2 Å². The second-order valence-corrected chi connectivity index (χ2v) is 5.00. The number of pyridine rings is 1. The summed E-state index contributed by atoms with van der Waals surface area (Å²) in [5, 5.41) is 9.37. The lowest BCUT2D eigenvalue weighted by atomic mass is 10.0. The Bertz CT molecular complexity index is 937. The topological polar surface area (TPSA) is 83.4 Å². The predicted octanol–water partition coefficient (Wildman–Crippen LogP) is 3.34. The number of nitrogen functional groups attached to an aromatic ring is 1. The molecule has 0 aliphatic rings. The van der Waals surface area contributed by atoms with Crippen LogP contribution in [0, 0.1) is 0 Å². The third-order valence-corrected chi connectivity index (χ3v) is 3.73. The van der Waals surface area contributed by atoms with E-state index in [9.17, 15) is 0 Å². The number of aromatic amines is 2. The summed E-state index contributed by atoms with van der Waals surface area (Å²) in [4.78, 5) is 7.33. The fourth-order valence-corrected chi connectivity index (χ4v) is 2.71. The number of nitrogens with two attached hydrogens (primary N) is 1. The molecule has 20 heavy (non-hydrogen) atoms. The Labute approximate surface area is 118 Å². The van der Waals surface area contributed by atoms with Crippen molar-refractivity contribution >= 4 is 39.4 Å². The fraction of sp³-hybridized carbons (Fsp3) is 0. The van der Waals surface area contributed by atoms with E-state index in [4.69, 9.17) is 17.3 Å². The molecule has 0 radical (unpaired) electrons. The number of halogens is 1. The first-order chi connectivity index (χ1) is 9.74. The lowest BCUT2D eigenvalue weighted by Gasteiger charge is -2.04. The maximum atomic E-state index is 6.24. The number of H-pyrrole nitrogens is 2. The molecular formula is C14H10ClN5. The molecule has 0 amide bonds. The number of benzene rings is 1. The minimum Gasteiger partial charge on any atom is -0.382 e. The molecule has 4 rings (SSSR count). The van der Waals surface area contributed by atoms with Crippen LogP contribution in [0.1, 0.15) is 0 Å². The van der Waals surface area contributed by atoms with Crippen molar-refractivity contribution in [2.75, 3.05) is 5.73 Å². The highest BCUT2D eigenvalue weighted by atomic mass is 35.5. The molecule has 0 saturated carbocycles. The number of hydrogen-bond donors (Lipinski definition) is 3. The van der Waals surface area contributed by atoms with Crippen molar-refractivity contribution in [3.05, 3.63) is 41.7 Å². The highest BCUT2D eigenvalue weighted by Gasteiger charge is 2.11. The van der Waals surface area contributed by atoms with Gasteiger partial charge in [-0.05, 0) is 29.3 Å². The van der Waals surface area contributed by atoms with Gasteiger partial charge in [-0.25, -0.2) is 4.98 Å². The number of aromatic nitrogens is 4. The zero-order chi connectivity index (χ0) is 13.7. The Kier molecular flexibility index (Phi) is 2.25. The highest BCUT2D eigenvalue weighted by molar-refractivity contribution is 6.36. The van der Waals surface area contributed by atoms with Gasteiger partial charge >= 0.3 is 0 Å². The zero-order valence-electron chi connectivity index (χ0n) is 10.3. The van der Waals surface area contributed by atoms with Gasteiger partial charge in [0.2, 0.25) is 0 Å². The number of anilines is 1. The molecule has 98 valence electrons. The summed E-state index contributed by atoms with van der Waals surface area (Å²) in [6.45, 7) is 0. The molecule has 3 heterocycles. The average Bonchev–Trinajstić information content (AvgIpc) is 3.03. The quantitative estimate of drug-likeness (QED) is 0.501. The van der Waals surface area contributed by atoms with E-state index in [2.05, 4.69) is 20.2 Å². The van der Waals surface area contributed by atoms with Gasteiger partial charge in [0.05, 0.1) is 10.5 Å². The highest BCUT2D eigenvalue weighted by Crippen LogP contribution is 2.34. The standard InChI is InChI=1S/C14H10ClN5/c15-10-6-18-14-12(10)8(3-4-17-14)7-1-2-11-9(5-7)13(16)20-19-11/h1-6H,(H,17,18)(H3,16,19,20). The lowest BCUT2D eigenvalue weighted by molar-refractivity contribution is 1.13. The molecule has 4 N–H and O–H groups in total. The summed E-state index contributed by atoms with van der Waals surface area (Å²) in [6, 6.07) is 7.92. The molecule has 0 saturated heterocycles. The number of fused-ring (bicyclic) bond motifs is 2. The maximum absolute atomic E-state index is 6.24. The van der Waals surface area contributed by atoms with E-state index in [1.165, 1.54) is 0 Å². The molecule has 0 aliphatic carbocycles. The van der Waals surface area contributed by atoms with Crippen molar-refractivity contribution in [3.8, 4) is 11.1 Å². The minimum atomic E-state index is 0.493. The van der Waals surface area contributed by atoms with Gasteiger partial charge in [0.15, 0.2) is 5.82 Å². The van der Waals surface area contributed by atoms with Crippen LogP contribution < -0.4 is 5.73 Å². The molecule has 3 aromatic heterocycles. The zero-order valence-corrected chi connectivity index (χ0v) is 11.1. The van der Waals surface area contributed by atoms with Gasteiger partial charge in [-0.15, -0.1) is 0 Å². The van der Waals surface area contributed by atoms with Gasteiger partial charge in [0.1, 0.15) is 5.65 Å². The molecule has 6 heteroatoms. The summed E-state index contributed by atoms with van der Waals surface area (Å²) < 4.78 is 0. The van der Waals surface area contributed by atoms with Crippen LogP contribution >= 0.6 is 11.6 Å². The summed E-state index contributed by atoms with van der Waals surface area (Å²) in [6.07, 6.45) is 3.50. The van der Waals surface area contributed by atoms with E-state index in [1.807, 2.05) is 24.3 Å². The Morgan fingerprint density at radius 1 is 1.20 bits per heavy atom. The molecule has 1 aromatic carbocycles. The Morgan fingerprint density at radius 2 is 2.10 bits per heavy atom. The minimum absolute atomic E-state index is 0.493. The number of nitrogens with zero attached hydrogens (tertiary/aromatic N) is 2. The van der Waals surface area contributed by atoms with Crippen molar-refractivity contribution < 1.29 is 0 Å². The average molecular weight is 284 g/mol. The van der Waals surface area contributed by atoms with Gasteiger partial charge in [-0.3, -0.25) is 5.10 Å². The van der Waals surface area contributed by atoms with E-state index < -0.39 is 0 Å². The van der Waals surface area contributed by atoms with E-state index in [1.54, 1.807) is 12.4 Å². The van der Waals surface area contributed by atoms with Gasteiger partial charge < -0.3 is 10.7 Å². The van der Waals surface area contributed by atoms with E-state index in [-0.39, 0.29) is 0 Å². The maximum Gasteiger partial charge on any atom is 0.153 e. The molecule has 0 spiro atoms. The molecule has 0 fully saturated rings. The van der Waals surface area contributed by atoms with Crippen molar-refractivity contribution in [2.45, 2.75) is 0 Å². The summed E-state index contributed by atoms with van der Waals surface area (Å²) in [5.41, 5.74) is 9.59. The van der Waals surface area contributed by atoms with Crippen molar-refractivity contribution in [1.29, 1.82) is 0 Å². The number of rotatable bonds is 1. The number of nitrogens with one attached hydrogen (secondary N) is 2. The second-order valence-electron chi connectivity index (χ2n) is 4.59. The normalized spacial score (nSPS) is 11.4. The Hall–Kier alpha value is -2.53. The lowest BCUT2D eigenvalue weighted by Crippen LogP contribution is -1.85. The SMILES string of the molecule is Nc1n[nH]c2ccc(-c3ccnc4[nH]cc(Cl)c34)cc12. The Morgan fingerprint density at radius 3 is 3.00 bits per heavy atom. The van der Waals surface area contributed by atoms with E-state index in [0.717, 1.165) is 33.1 Å². The van der Waals surface area contributed by atoms with Crippen molar-refractivity contribution in [1.82, 2.24) is 20.2 Å². The van der Waals surface area contributed by atoms with E-state index >= 15 is 0 Å². The monoisotopic (exact) mass is 283 g/mol. The molecule has 4 aromatic rings. The van der Waals surface area contributed by atoms with Crippen LogP contribution in [0.4, 0.5) is 5.82 Å². The molecule has 5 nitrogen and oxygen atoms in total. The van der Waals surface area contributed by atoms with Crippen LogP contribution in [-0.4, -0.2) is 20.2 Å². The van der Waals surface area contributed by atoms with Gasteiger partial charge in [-0.1, -0.05) is 17.7 Å². The molecule has 0 bridgehead atoms. The first-order valence-electron chi connectivity index (χ1n) is 6.09. The summed E-state index contributed by atoms with van der Waals surface area (Å²) in [7, 11) is 0. The van der Waals surface area contributed by atoms with Crippen LogP contribution in [0.25, 0.3) is 33.1 Å².